The molecule has 2 aromatic heterocycles. The summed E-state index contributed by atoms with van der Waals surface area (Å²) in [5.41, 5.74) is -0.351. The summed E-state index contributed by atoms with van der Waals surface area (Å²) in [4.78, 5) is 29.4. The van der Waals surface area contributed by atoms with Crippen LogP contribution in [0.15, 0.2) is 9.59 Å². The van der Waals surface area contributed by atoms with E-state index in [4.69, 9.17) is 11.6 Å². The number of halogens is 1. The van der Waals surface area contributed by atoms with Crippen molar-refractivity contribution in [3.05, 3.63) is 26.1 Å². The molecule has 2 rings (SSSR count). The molecule has 0 saturated heterocycles. The fourth-order valence-corrected chi connectivity index (χ4v) is 1.47. The molecule has 0 atom stereocenters. The molecule has 0 aliphatic heterocycles. The molecule has 0 amide bonds. The zero-order valence-electron chi connectivity index (χ0n) is 7.54. The Bertz CT molecular complexity index is 626. The Morgan fingerprint density at radius 3 is 2.47 bits per heavy atom. The zero-order valence-corrected chi connectivity index (χ0v) is 8.29. The van der Waals surface area contributed by atoms with Crippen LogP contribution in [-0.2, 0) is 14.1 Å². The van der Waals surface area contributed by atoms with Gasteiger partial charge in [0.15, 0.2) is 11.2 Å². The first-order chi connectivity index (χ1) is 6.52. The van der Waals surface area contributed by atoms with E-state index in [-0.39, 0.29) is 46.0 Å². The monoisotopic (exact) mass is 238 g/mol. The first kappa shape index (κ1) is 12.5. The van der Waals surface area contributed by atoms with Crippen molar-refractivity contribution in [1.82, 2.24) is 19.1 Å². The second-order valence-corrected chi connectivity index (χ2v) is 3.29. The van der Waals surface area contributed by atoms with E-state index >= 15 is 0 Å². The van der Waals surface area contributed by atoms with Gasteiger partial charge in [-0.3, -0.25) is 13.9 Å². The van der Waals surface area contributed by atoms with Crippen molar-refractivity contribution in [2.24, 2.45) is 14.1 Å². The fraction of sp³-hybridized carbons (Fsp3) is 0.286. The van der Waals surface area contributed by atoms with Gasteiger partial charge in [-0.15, -0.1) is 0 Å². The van der Waals surface area contributed by atoms with E-state index in [1.54, 1.807) is 0 Å². The molecule has 6 nitrogen and oxygen atoms in total. The molecule has 0 radical (unpaired) electrons. The van der Waals surface area contributed by atoms with E-state index in [1.807, 2.05) is 0 Å². The molecular weight excluding hydrogens is 231 g/mol. The predicted molar refractivity (Wildman–Crippen MR) is 58.7 cm³/mol. The molecule has 76 valence electrons. The fourth-order valence-electron chi connectivity index (χ4n) is 1.30. The van der Waals surface area contributed by atoms with Gasteiger partial charge in [0.05, 0.1) is 0 Å². The van der Waals surface area contributed by atoms with E-state index in [9.17, 15) is 9.59 Å². The summed E-state index contributed by atoms with van der Waals surface area (Å²) in [6.45, 7) is 0. The molecule has 0 aliphatic rings. The predicted octanol–water partition coefficient (Wildman–Crippen LogP) is -1.03. The molecule has 2 aromatic rings. The van der Waals surface area contributed by atoms with Gasteiger partial charge in [0.25, 0.3) is 5.56 Å². The summed E-state index contributed by atoms with van der Waals surface area (Å²) < 4.78 is 2.26. The molecule has 0 aliphatic carbocycles. The molecule has 0 unspecified atom stereocenters. The number of aryl methyl sites for hydroxylation is 1. The van der Waals surface area contributed by atoms with E-state index in [0.29, 0.717) is 0 Å². The van der Waals surface area contributed by atoms with Crippen LogP contribution in [0.3, 0.4) is 0 Å². The molecule has 0 spiro atoms. The molecule has 15 heavy (non-hydrogen) atoms. The van der Waals surface area contributed by atoms with Gasteiger partial charge in [-0.25, -0.2) is 4.79 Å². The van der Waals surface area contributed by atoms with Crippen LogP contribution in [0.1, 0.15) is 0 Å². The quantitative estimate of drug-likeness (QED) is 0.471. The summed E-state index contributed by atoms with van der Waals surface area (Å²) in [6.07, 6.45) is 0. The van der Waals surface area contributed by atoms with Crippen LogP contribution in [-0.4, -0.2) is 48.7 Å². The number of rotatable bonds is 0. The summed E-state index contributed by atoms with van der Waals surface area (Å²) in [7, 11) is 2.93. The summed E-state index contributed by atoms with van der Waals surface area (Å²) >= 11 is 5.60. The molecular formula is C7H8ClN4NaO2. The first-order valence-electron chi connectivity index (χ1n) is 3.83. The van der Waals surface area contributed by atoms with E-state index < -0.39 is 11.2 Å². The van der Waals surface area contributed by atoms with Gasteiger partial charge in [-0.05, 0) is 11.6 Å². The molecule has 2 heterocycles. The summed E-state index contributed by atoms with van der Waals surface area (Å²) in [5.74, 6) is 0. The molecule has 0 aromatic carbocycles. The third-order valence-electron chi connectivity index (χ3n) is 2.07. The third kappa shape index (κ3) is 1.78. The molecule has 0 saturated carbocycles. The van der Waals surface area contributed by atoms with Gasteiger partial charge in [-0.1, -0.05) is 0 Å². The van der Waals surface area contributed by atoms with Crippen LogP contribution in [0.2, 0.25) is 5.28 Å². The standard InChI is InChI=1S/C7H7ClN4O2.Na.H/c1-11-4-3(9-6(8)10-4)5(13)12(2)7(11)14;;/h1-2H3,(H,9,10);;. The molecule has 8 heteroatoms. The Kier molecular flexibility index (Phi) is 3.44. The number of H-pyrrole nitrogens is 1. The number of nitrogens with zero attached hydrogens (tertiary/aromatic N) is 3. The van der Waals surface area contributed by atoms with Crippen LogP contribution in [0.5, 0.6) is 0 Å². The van der Waals surface area contributed by atoms with Crippen molar-refractivity contribution in [3.8, 4) is 0 Å². The van der Waals surface area contributed by atoms with Crippen LogP contribution in [0.25, 0.3) is 11.2 Å². The van der Waals surface area contributed by atoms with Gasteiger partial charge >= 0.3 is 35.2 Å². The van der Waals surface area contributed by atoms with Crippen LogP contribution in [0.4, 0.5) is 0 Å². The van der Waals surface area contributed by atoms with E-state index in [2.05, 4.69) is 9.97 Å². The molecule has 0 fully saturated rings. The SMILES string of the molecule is Cn1c(=O)c2[nH]c(Cl)nc2n(C)c1=O.[NaH]. The van der Waals surface area contributed by atoms with Gasteiger partial charge in [0, 0.05) is 14.1 Å². The van der Waals surface area contributed by atoms with Crippen LogP contribution >= 0.6 is 11.6 Å². The second-order valence-electron chi connectivity index (χ2n) is 2.93. The van der Waals surface area contributed by atoms with Crippen molar-refractivity contribution >= 4 is 52.3 Å². The molecule has 1 N–H and O–H groups in total. The zero-order chi connectivity index (χ0) is 10.5. The average molecular weight is 239 g/mol. The van der Waals surface area contributed by atoms with E-state index in [1.165, 1.54) is 18.7 Å². The van der Waals surface area contributed by atoms with Gasteiger partial charge in [0.2, 0.25) is 5.28 Å². The Morgan fingerprint density at radius 2 is 1.87 bits per heavy atom. The van der Waals surface area contributed by atoms with Crippen LogP contribution < -0.4 is 11.2 Å². The number of fused-ring (bicyclic) bond motifs is 1. The van der Waals surface area contributed by atoms with Gasteiger partial charge in [-0.2, -0.15) is 4.98 Å². The van der Waals surface area contributed by atoms with Gasteiger partial charge in [0.1, 0.15) is 0 Å². The molecule has 0 bridgehead atoms. The van der Waals surface area contributed by atoms with Crippen LogP contribution in [0, 0.1) is 0 Å². The van der Waals surface area contributed by atoms with Crippen molar-refractivity contribution in [1.29, 1.82) is 0 Å². The number of aromatic nitrogens is 4. The van der Waals surface area contributed by atoms with Crippen molar-refractivity contribution in [2.45, 2.75) is 0 Å². The maximum atomic E-state index is 11.5. The minimum atomic E-state index is -0.428. The number of hydrogen-bond acceptors (Lipinski definition) is 3. The normalized spacial score (nSPS) is 10.3. The van der Waals surface area contributed by atoms with Crippen molar-refractivity contribution in [2.75, 3.05) is 0 Å². The summed E-state index contributed by atoms with van der Waals surface area (Å²) in [6, 6.07) is 0. The first-order valence-corrected chi connectivity index (χ1v) is 4.21. The minimum absolute atomic E-state index is 0. The third-order valence-corrected chi connectivity index (χ3v) is 2.24. The average Bonchev–Trinajstić information content (AvgIpc) is 2.54. The van der Waals surface area contributed by atoms with Crippen molar-refractivity contribution < 1.29 is 0 Å². The Labute approximate surface area is 111 Å². The number of imidazole rings is 1. The number of nitrogens with one attached hydrogen (secondary N) is 1. The van der Waals surface area contributed by atoms with Crippen molar-refractivity contribution in [3.63, 3.8) is 0 Å². The van der Waals surface area contributed by atoms with Gasteiger partial charge < -0.3 is 4.98 Å². The second kappa shape index (κ2) is 4.13. The maximum absolute atomic E-state index is 11.5. The Morgan fingerprint density at radius 1 is 1.27 bits per heavy atom. The topological polar surface area (TPSA) is 72.7 Å². The Balaban J connectivity index is 0.00000112. The number of hydrogen-bond donors (Lipinski definition) is 1. The van der Waals surface area contributed by atoms with E-state index in [0.717, 1.165) is 4.57 Å². The summed E-state index contributed by atoms with van der Waals surface area (Å²) in [5, 5.41) is 0.0956. The number of aromatic amines is 1. The Hall–Kier alpha value is -0.560.